The maximum atomic E-state index is 12.0. The number of hydrogen-bond donors (Lipinski definition) is 2. The highest BCUT2D eigenvalue weighted by molar-refractivity contribution is 9.10. The maximum absolute atomic E-state index is 12.0. The number of rotatable bonds is 4. The quantitative estimate of drug-likeness (QED) is 0.638. The molecule has 1 rings (SSSR count). The largest absolute Gasteiger partial charge is 0.373 e. The second-order valence-corrected chi connectivity index (χ2v) is 6.84. The molecule has 1 aromatic rings. The molecule has 0 aliphatic heterocycles. The molecule has 0 bridgehead atoms. The van der Waals surface area contributed by atoms with Crippen LogP contribution in [0.1, 0.15) is 33.3 Å². The van der Waals surface area contributed by atoms with Crippen molar-refractivity contribution < 1.29 is 9.72 Å². The Hall–Kier alpha value is -1.63. The normalized spacial score (nSPS) is 12.7. The average Bonchev–Trinajstić information content (AvgIpc) is 2.30. The number of nitro groups is 1. The average molecular weight is 358 g/mol. The zero-order valence-corrected chi connectivity index (χ0v) is 14.4. The Bertz CT molecular complexity index is 567. The highest BCUT2D eigenvalue weighted by Crippen LogP contribution is 2.31. The van der Waals surface area contributed by atoms with Crippen LogP contribution in [0.2, 0.25) is 0 Å². The molecule has 1 unspecified atom stereocenters. The molecule has 1 amide bonds. The standard InChI is InChI=1S/C14H20BrN3O3/c1-8-6-11(10(15)7-12(8)18(20)21)16-9(2)13(19)17-14(3,4)5/h6-7,9,16H,1-5H3,(H,17,19). The molecular weight excluding hydrogens is 338 g/mol. The van der Waals surface area contributed by atoms with E-state index in [9.17, 15) is 14.9 Å². The number of aryl methyl sites for hydroxylation is 1. The van der Waals surface area contributed by atoms with E-state index < -0.39 is 11.0 Å². The number of benzene rings is 1. The highest BCUT2D eigenvalue weighted by Gasteiger charge is 2.21. The molecule has 0 saturated carbocycles. The summed E-state index contributed by atoms with van der Waals surface area (Å²) in [6.07, 6.45) is 0. The number of nitrogens with zero attached hydrogens (tertiary/aromatic N) is 1. The summed E-state index contributed by atoms with van der Waals surface area (Å²) in [6.45, 7) is 9.12. The molecule has 1 aromatic carbocycles. The summed E-state index contributed by atoms with van der Waals surface area (Å²) < 4.78 is 0.551. The van der Waals surface area contributed by atoms with Gasteiger partial charge in [-0.05, 0) is 56.6 Å². The lowest BCUT2D eigenvalue weighted by molar-refractivity contribution is -0.385. The van der Waals surface area contributed by atoms with E-state index in [0.29, 0.717) is 15.7 Å². The van der Waals surface area contributed by atoms with Crippen molar-refractivity contribution in [2.75, 3.05) is 5.32 Å². The zero-order chi connectivity index (χ0) is 16.4. The summed E-state index contributed by atoms with van der Waals surface area (Å²) in [5.41, 5.74) is 0.915. The van der Waals surface area contributed by atoms with E-state index in [0.717, 1.165) is 0 Å². The first-order chi connectivity index (χ1) is 9.51. The molecule has 7 heteroatoms. The molecule has 0 fully saturated rings. The molecule has 0 heterocycles. The number of hydrogen-bond acceptors (Lipinski definition) is 4. The fourth-order valence-electron chi connectivity index (χ4n) is 1.75. The Morgan fingerprint density at radius 3 is 2.43 bits per heavy atom. The SMILES string of the molecule is Cc1cc(NC(C)C(=O)NC(C)(C)C)c(Br)cc1[N+](=O)[O-]. The third-order valence-electron chi connectivity index (χ3n) is 2.75. The van der Waals surface area contributed by atoms with Crippen molar-refractivity contribution in [3.8, 4) is 0 Å². The van der Waals surface area contributed by atoms with Crippen LogP contribution in [0.4, 0.5) is 11.4 Å². The minimum absolute atomic E-state index is 0.0409. The predicted molar refractivity (Wildman–Crippen MR) is 86.5 cm³/mol. The van der Waals surface area contributed by atoms with Crippen LogP contribution in [0.25, 0.3) is 0 Å². The highest BCUT2D eigenvalue weighted by atomic mass is 79.9. The Balaban J connectivity index is 2.91. The summed E-state index contributed by atoms with van der Waals surface area (Å²) in [5.74, 6) is -0.134. The third-order valence-corrected chi connectivity index (χ3v) is 3.40. The van der Waals surface area contributed by atoms with E-state index in [1.54, 1.807) is 19.9 Å². The van der Waals surface area contributed by atoms with Gasteiger partial charge in [0.25, 0.3) is 5.69 Å². The fourth-order valence-corrected chi connectivity index (χ4v) is 2.20. The fraction of sp³-hybridized carbons (Fsp3) is 0.500. The van der Waals surface area contributed by atoms with Gasteiger partial charge in [-0.25, -0.2) is 0 Å². The third kappa shape index (κ3) is 5.00. The first kappa shape index (κ1) is 17.4. The Labute approximate surface area is 132 Å². The van der Waals surface area contributed by atoms with Crippen LogP contribution in [0.3, 0.4) is 0 Å². The molecule has 0 spiro atoms. The van der Waals surface area contributed by atoms with Crippen LogP contribution < -0.4 is 10.6 Å². The summed E-state index contributed by atoms with van der Waals surface area (Å²) in [7, 11) is 0. The van der Waals surface area contributed by atoms with Gasteiger partial charge in [0.15, 0.2) is 0 Å². The molecule has 0 aromatic heterocycles. The lowest BCUT2D eigenvalue weighted by Gasteiger charge is -2.24. The molecule has 2 N–H and O–H groups in total. The van der Waals surface area contributed by atoms with E-state index in [1.165, 1.54) is 6.07 Å². The van der Waals surface area contributed by atoms with Crippen LogP contribution in [0, 0.1) is 17.0 Å². The van der Waals surface area contributed by atoms with Crippen molar-refractivity contribution in [3.63, 3.8) is 0 Å². The second kappa shape index (κ2) is 6.43. The topological polar surface area (TPSA) is 84.3 Å². The van der Waals surface area contributed by atoms with Gasteiger partial charge >= 0.3 is 0 Å². The summed E-state index contributed by atoms with van der Waals surface area (Å²) in [4.78, 5) is 22.5. The van der Waals surface area contributed by atoms with E-state index in [1.807, 2.05) is 20.8 Å². The minimum atomic E-state index is -0.457. The molecule has 0 aliphatic rings. The van der Waals surface area contributed by atoms with E-state index in [4.69, 9.17) is 0 Å². The number of anilines is 1. The van der Waals surface area contributed by atoms with Crippen molar-refractivity contribution >= 4 is 33.2 Å². The predicted octanol–water partition coefficient (Wildman–Crippen LogP) is 3.38. The summed E-state index contributed by atoms with van der Waals surface area (Å²) in [5, 5.41) is 16.8. The first-order valence-electron chi connectivity index (χ1n) is 6.54. The van der Waals surface area contributed by atoms with Crippen molar-refractivity contribution in [1.82, 2.24) is 5.32 Å². The monoisotopic (exact) mass is 357 g/mol. The molecule has 21 heavy (non-hydrogen) atoms. The molecule has 116 valence electrons. The molecule has 0 radical (unpaired) electrons. The number of nitrogens with one attached hydrogen (secondary N) is 2. The van der Waals surface area contributed by atoms with Crippen LogP contribution in [-0.2, 0) is 4.79 Å². The Morgan fingerprint density at radius 2 is 1.95 bits per heavy atom. The van der Waals surface area contributed by atoms with E-state index in [-0.39, 0.29) is 17.1 Å². The number of amides is 1. The Morgan fingerprint density at radius 1 is 1.38 bits per heavy atom. The lowest BCUT2D eigenvalue weighted by Crippen LogP contribution is -2.47. The van der Waals surface area contributed by atoms with E-state index >= 15 is 0 Å². The van der Waals surface area contributed by atoms with Gasteiger partial charge in [0.05, 0.1) is 4.92 Å². The molecule has 1 atom stereocenters. The number of halogens is 1. The number of nitro benzene ring substituents is 1. The van der Waals surface area contributed by atoms with Gasteiger partial charge in [0.1, 0.15) is 6.04 Å². The lowest BCUT2D eigenvalue weighted by atomic mass is 10.1. The summed E-state index contributed by atoms with van der Waals surface area (Å²) >= 11 is 3.29. The van der Waals surface area contributed by atoms with Gasteiger partial charge in [-0.2, -0.15) is 0 Å². The van der Waals surface area contributed by atoms with Crippen molar-refractivity contribution in [1.29, 1.82) is 0 Å². The Kier molecular flexibility index (Phi) is 5.33. The van der Waals surface area contributed by atoms with Gasteiger partial charge < -0.3 is 10.6 Å². The van der Waals surface area contributed by atoms with Gasteiger partial charge in [0, 0.05) is 27.3 Å². The van der Waals surface area contributed by atoms with Crippen molar-refractivity contribution in [2.45, 2.75) is 46.2 Å². The molecule has 0 aliphatic carbocycles. The zero-order valence-electron chi connectivity index (χ0n) is 12.8. The molecule has 6 nitrogen and oxygen atoms in total. The summed E-state index contributed by atoms with van der Waals surface area (Å²) in [6, 6.07) is 2.64. The molecular formula is C14H20BrN3O3. The smallest absolute Gasteiger partial charge is 0.273 e. The molecule has 0 saturated heterocycles. The first-order valence-corrected chi connectivity index (χ1v) is 7.33. The van der Waals surface area contributed by atoms with Crippen LogP contribution in [-0.4, -0.2) is 22.4 Å². The van der Waals surface area contributed by atoms with Gasteiger partial charge in [-0.15, -0.1) is 0 Å². The van der Waals surface area contributed by atoms with Gasteiger partial charge in [-0.3, -0.25) is 14.9 Å². The van der Waals surface area contributed by atoms with E-state index in [2.05, 4.69) is 26.6 Å². The number of carbonyl (C=O) groups excluding carboxylic acids is 1. The second-order valence-electron chi connectivity index (χ2n) is 5.98. The van der Waals surface area contributed by atoms with Crippen LogP contribution >= 0.6 is 15.9 Å². The van der Waals surface area contributed by atoms with Crippen LogP contribution in [0.15, 0.2) is 16.6 Å². The van der Waals surface area contributed by atoms with Gasteiger partial charge in [-0.1, -0.05) is 0 Å². The minimum Gasteiger partial charge on any atom is -0.373 e. The number of carbonyl (C=O) groups is 1. The maximum Gasteiger partial charge on any atom is 0.273 e. The van der Waals surface area contributed by atoms with Crippen LogP contribution in [0.5, 0.6) is 0 Å². The van der Waals surface area contributed by atoms with Crippen molar-refractivity contribution in [3.05, 3.63) is 32.3 Å². The van der Waals surface area contributed by atoms with Crippen molar-refractivity contribution in [2.24, 2.45) is 0 Å². The van der Waals surface area contributed by atoms with Gasteiger partial charge in [0.2, 0.25) is 5.91 Å².